The molecule has 1 aliphatic heterocycles. The van der Waals surface area contributed by atoms with Crippen molar-refractivity contribution in [2.24, 2.45) is 0 Å². The topological polar surface area (TPSA) is 104 Å². The third-order valence-corrected chi connectivity index (χ3v) is 3.33. The van der Waals surface area contributed by atoms with Gasteiger partial charge in [0.25, 0.3) is 5.91 Å². The number of aromatic nitrogens is 2. The Morgan fingerprint density at radius 3 is 3.00 bits per heavy atom. The van der Waals surface area contributed by atoms with Gasteiger partial charge in [-0.05, 0) is 6.07 Å². The van der Waals surface area contributed by atoms with Crippen LogP contribution in [-0.2, 0) is 0 Å². The first-order valence-corrected chi connectivity index (χ1v) is 6.46. The van der Waals surface area contributed by atoms with E-state index in [1.165, 1.54) is 6.33 Å². The van der Waals surface area contributed by atoms with Gasteiger partial charge in [0.2, 0.25) is 0 Å². The summed E-state index contributed by atoms with van der Waals surface area (Å²) in [7, 11) is 0. The summed E-state index contributed by atoms with van der Waals surface area (Å²) in [5.74, 6) is -1.00. The van der Waals surface area contributed by atoms with E-state index < -0.39 is 11.9 Å². The van der Waals surface area contributed by atoms with Gasteiger partial charge in [-0.3, -0.25) is 4.79 Å². The number of amides is 1. The van der Waals surface area contributed by atoms with Gasteiger partial charge in [0.1, 0.15) is 5.75 Å². The molecule has 3 rings (SSSR count). The molecule has 0 bridgehead atoms. The molecule has 3 N–H and O–H groups in total. The van der Waals surface area contributed by atoms with E-state index in [-0.39, 0.29) is 17.4 Å². The zero-order valence-electron chi connectivity index (χ0n) is 11.0. The molecule has 0 aliphatic carbocycles. The molecule has 1 aliphatic rings. The number of aromatic amines is 1. The maximum Gasteiger partial charge on any atom is 0.354 e. The Hall–Kier alpha value is -2.83. The summed E-state index contributed by atoms with van der Waals surface area (Å²) in [5, 5.41) is 11.8. The van der Waals surface area contributed by atoms with Crippen LogP contribution < -0.4 is 10.1 Å². The van der Waals surface area contributed by atoms with Gasteiger partial charge in [0.15, 0.2) is 11.4 Å². The van der Waals surface area contributed by atoms with Crippen LogP contribution >= 0.6 is 0 Å². The predicted molar refractivity (Wildman–Crippen MR) is 72.3 cm³/mol. The molecule has 0 fully saturated rings. The van der Waals surface area contributed by atoms with Gasteiger partial charge < -0.3 is 20.1 Å². The third kappa shape index (κ3) is 2.45. The van der Waals surface area contributed by atoms with Gasteiger partial charge >= 0.3 is 5.97 Å². The van der Waals surface area contributed by atoms with Gasteiger partial charge in [0, 0.05) is 12.0 Å². The number of nitrogens with zero attached hydrogens (tertiary/aromatic N) is 1. The van der Waals surface area contributed by atoms with Crippen molar-refractivity contribution in [2.45, 2.75) is 12.5 Å². The zero-order valence-corrected chi connectivity index (χ0v) is 11.0. The number of hydrogen-bond donors (Lipinski definition) is 3. The van der Waals surface area contributed by atoms with Crippen molar-refractivity contribution >= 4 is 11.9 Å². The molecule has 1 amide bonds. The van der Waals surface area contributed by atoms with Crippen LogP contribution in [0.15, 0.2) is 30.6 Å². The minimum atomic E-state index is -1.22. The fourth-order valence-corrected chi connectivity index (χ4v) is 2.35. The minimum absolute atomic E-state index is 0.119. The van der Waals surface area contributed by atoms with E-state index in [0.29, 0.717) is 13.0 Å². The van der Waals surface area contributed by atoms with Crippen molar-refractivity contribution in [1.82, 2.24) is 15.3 Å². The quantitative estimate of drug-likeness (QED) is 0.790. The number of carboxylic acids is 1. The largest absolute Gasteiger partial charge is 0.493 e. The molecular formula is C14H13N3O4. The second-order valence-electron chi connectivity index (χ2n) is 4.63. The van der Waals surface area contributed by atoms with Gasteiger partial charge in [0.05, 0.1) is 19.0 Å². The lowest BCUT2D eigenvalue weighted by Gasteiger charge is -2.26. The molecule has 0 spiro atoms. The molecule has 1 aromatic carbocycles. The maximum atomic E-state index is 12.2. The fourth-order valence-electron chi connectivity index (χ4n) is 2.35. The number of carbonyl (C=O) groups excluding carboxylic acids is 1. The number of nitrogens with one attached hydrogen (secondary N) is 2. The number of aromatic carboxylic acids is 1. The summed E-state index contributed by atoms with van der Waals surface area (Å²) in [6, 6.07) is 7.22. The average Bonchev–Trinajstić information content (AvgIpc) is 2.97. The standard InChI is InChI=1S/C14H13N3O4/c18-13(11-12(14(19)20)16-7-15-11)17-9-5-6-21-10-4-2-1-3-8(9)10/h1-4,7,9H,5-6H2,(H,15,16)(H,17,18)(H,19,20). The van der Waals surface area contributed by atoms with Crippen molar-refractivity contribution in [3.8, 4) is 5.75 Å². The van der Waals surface area contributed by atoms with Crippen LogP contribution in [-0.4, -0.2) is 33.6 Å². The Morgan fingerprint density at radius 1 is 1.38 bits per heavy atom. The zero-order chi connectivity index (χ0) is 14.8. The predicted octanol–water partition coefficient (Wildman–Crippen LogP) is 1.36. The van der Waals surface area contributed by atoms with E-state index in [9.17, 15) is 9.59 Å². The average molecular weight is 287 g/mol. The van der Waals surface area contributed by atoms with Gasteiger partial charge in [-0.15, -0.1) is 0 Å². The van der Waals surface area contributed by atoms with E-state index in [1.54, 1.807) is 0 Å². The van der Waals surface area contributed by atoms with Gasteiger partial charge in [-0.1, -0.05) is 18.2 Å². The highest BCUT2D eigenvalue weighted by atomic mass is 16.5. The molecule has 0 saturated heterocycles. The van der Waals surface area contributed by atoms with Crippen LogP contribution in [0.3, 0.4) is 0 Å². The summed E-state index contributed by atoms with van der Waals surface area (Å²) in [4.78, 5) is 29.4. The van der Waals surface area contributed by atoms with E-state index in [4.69, 9.17) is 9.84 Å². The number of para-hydroxylation sites is 1. The number of rotatable bonds is 3. The minimum Gasteiger partial charge on any atom is -0.493 e. The first-order chi connectivity index (χ1) is 10.2. The molecule has 1 unspecified atom stereocenters. The normalized spacial score (nSPS) is 16.7. The summed E-state index contributed by atoms with van der Waals surface area (Å²) in [6.45, 7) is 0.494. The van der Waals surface area contributed by atoms with Crippen molar-refractivity contribution in [3.63, 3.8) is 0 Å². The highest BCUT2D eigenvalue weighted by molar-refractivity contribution is 6.02. The highest BCUT2D eigenvalue weighted by Crippen LogP contribution is 2.31. The van der Waals surface area contributed by atoms with Crippen LogP contribution in [0.4, 0.5) is 0 Å². The molecule has 7 nitrogen and oxygen atoms in total. The molecule has 108 valence electrons. The number of ether oxygens (including phenoxy) is 1. The van der Waals surface area contributed by atoms with Crippen molar-refractivity contribution in [2.75, 3.05) is 6.61 Å². The van der Waals surface area contributed by atoms with E-state index >= 15 is 0 Å². The summed E-state index contributed by atoms with van der Waals surface area (Å²) in [5.41, 5.74) is 0.545. The molecular weight excluding hydrogens is 274 g/mol. The van der Waals surface area contributed by atoms with Gasteiger partial charge in [-0.25, -0.2) is 9.78 Å². The Morgan fingerprint density at radius 2 is 2.19 bits per heavy atom. The lowest BCUT2D eigenvalue weighted by Crippen LogP contribution is -2.33. The summed E-state index contributed by atoms with van der Waals surface area (Å²) < 4.78 is 5.52. The lowest BCUT2D eigenvalue weighted by atomic mass is 10.0. The molecule has 0 radical (unpaired) electrons. The summed E-state index contributed by atoms with van der Waals surface area (Å²) >= 11 is 0. The van der Waals surface area contributed by atoms with Crippen molar-refractivity contribution in [1.29, 1.82) is 0 Å². The number of fused-ring (bicyclic) bond motifs is 1. The van der Waals surface area contributed by atoms with Crippen LogP contribution in [0.25, 0.3) is 0 Å². The van der Waals surface area contributed by atoms with Crippen LogP contribution in [0.1, 0.15) is 39.0 Å². The van der Waals surface area contributed by atoms with E-state index in [0.717, 1.165) is 11.3 Å². The lowest BCUT2D eigenvalue weighted by molar-refractivity contribution is 0.0684. The summed E-state index contributed by atoms with van der Waals surface area (Å²) in [6.07, 6.45) is 1.81. The molecule has 2 aromatic rings. The van der Waals surface area contributed by atoms with Crippen LogP contribution in [0.2, 0.25) is 0 Å². The molecule has 1 atom stereocenters. The molecule has 7 heteroatoms. The first kappa shape index (κ1) is 13.2. The smallest absolute Gasteiger partial charge is 0.354 e. The van der Waals surface area contributed by atoms with Crippen molar-refractivity contribution < 1.29 is 19.4 Å². The van der Waals surface area contributed by atoms with Crippen molar-refractivity contribution in [3.05, 3.63) is 47.5 Å². The number of benzene rings is 1. The number of hydrogen-bond acceptors (Lipinski definition) is 4. The Labute approximate surface area is 120 Å². The van der Waals surface area contributed by atoms with E-state index in [1.807, 2.05) is 24.3 Å². The van der Waals surface area contributed by atoms with E-state index in [2.05, 4.69) is 15.3 Å². The third-order valence-electron chi connectivity index (χ3n) is 3.33. The molecule has 1 aromatic heterocycles. The van der Waals surface area contributed by atoms with Crippen LogP contribution in [0, 0.1) is 0 Å². The van der Waals surface area contributed by atoms with Crippen LogP contribution in [0.5, 0.6) is 5.75 Å². The Bertz CT molecular complexity index is 695. The number of carboxylic acid groups (broad SMARTS) is 1. The molecule has 21 heavy (non-hydrogen) atoms. The monoisotopic (exact) mass is 287 g/mol. The SMILES string of the molecule is O=C(NC1CCOc2ccccc21)c1nc[nH]c1C(=O)O. The second kappa shape index (κ2) is 5.28. The highest BCUT2D eigenvalue weighted by Gasteiger charge is 2.26. The van der Waals surface area contributed by atoms with Gasteiger partial charge in [-0.2, -0.15) is 0 Å². The maximum absolute atomic E-state index is 12.2. The second-order valence-corrected chi connectivity index (χ2v) is 4.63. The Balaban J connectivity index is 1.83. The number of H-pyrrole nitrogens is 1. The molecule has 0 saturated carbocycles. The number of carbonyl (C=O) groups is 2. The number of imidazole rings is 1. The Kier molecular flexibility index (Phi) is 3.31. The molecule has 2 heterocycles. The fraction of sp³-hybridized carbons (Fsp3) is 0.214. The first-order valence-electron chi connectivity index (χ1n) is 6.46.